The fourth-order valence-electron chi connectivity index (χ4n) is 3.05. The molecule has 2 aromatic rings. The zero-order valence-electron chi connectivity index (χ0n) is 17.0. The molecule has 1 N–H and O–H groups in total. The molecule has 1 aliphatic rings. The summed E-state index contributed by atoms with van der Waals surface area (Å²) in [6, 6.07) is 11.8. The first-order valence-electron chi connectivity index (χ1n) is 9.67. The van der Waals surface area contributed by atoms with E-state index >= 15 is 0 Å². The molecule has 1 aliphatic heterocycles. The van der Waals surface area contributed by atoms with Gasteiger partial charge < -0.3 is 19.9 Å². The summed E-state index contributed by atoms with van der Waals surface area (Å²) in [5.41, 5.74) is 2.17. The van der Waals surface area contributed by atoms with Crippen molar-refractivity contribution in [3.8, 4) is 5.75 Å². The number of halogens is 1. The Kier molecular flexibility index (Phi) is 6.95. The summed E-state index contributed by atoms with van der Waals surface area (Å²) in [4.78, 5) is 39.5. The van der Waals surface area contributed by atoms with Crippen LogP contribution in [0.15, 0.2) is 42.5 Å². The maximum Gasteiger partial charge on any atom is 0.321 e. The Bertz CT molecular complexity index is 938. The van der Waals surface area contributed by atoms with Gasteiger partial charge in [-0.15, -0.1) is 0 Å². The maximum atomic E-state index is 12.4. The van der Waals surface area contributed by atoms with E-state index in [0.29, 0.717) is 48.2 Å². The smallest absolute Gasteiger partial charge is 0.321 e. The third kappa shape index (κ3) is 5.51. The van der Waals surface area contributed by atoms with Crippen molar-refractivity contribution in [1.29, 1.82) is 0 Å². The Morgan fingerprint density at radius 1 is 1.00 bits per heavy atom. The Hall–Kier alpha value is -3.06. The summed E-state index contributed by atoms with van der Waals surface area (Å²) >= 11 is 6.10. The zero-order chi connectivity index (χ0) is 21.7. The number of aryl methyl sites for hydroxylation is 1. The number of anilines is 1. The SMILES string of the molecule is CC(=O)c1ccc(OCC(=O)N2CCN(C(=O)Nc3ccc(C)c(Cl)c3)CC2)cc1. The molecule has 7 nitrogen and oxygen atoms in total. The van der Waals surface area contributed by atoms with Crippen molar-refractivity contribution >= 4 is 35.0 Å². The van der Waals surface area contributed by atoms with Gasteiger partial charge in [0, 0.05) is 42.5 Å². The van der Waals surface area contributed by atoms with Crippen molar-refractivity contribution in [1.82, 2.24) is 9.80 Å². The molecule has 158 valence electrons. The topological polar surface area (TPSA) is 79.0 Å². The Balaban J connectivity index is 1.44. The quantitative estimate of drug-likeness (QED) is 0.736. The van der Waals surface area contributed by atoms with E-state index in [2.05, 4.69) is 5.32 Å². The summed E-state index contributed by atoms with van der Waals surface area (Å²) in [7, 11) is 0. The lowest BCUT2D eigenvalue weighted by molar-refractivity contribution is -0.134. The second-order valence-corrected chi connectivity index (χ2v) is 7.54. The molecule has 0 aromatic heterocycles. The number of ketones is 1. The van der Waals surface area contributed by atoms with Crippen LogP contribution in [0.25, 0.3) is 0 Å². The summed E-state index contributed by atoms with van der Waals surface area (Å²) < 4.78 is 5.52. The van der Waals surface area contributed by atoms with Gasteiger partial charge in [-0.1, -0.05) is 17.7 Å². The minimum atomic E-state index is -0.219. The molecule has 8 heteroatoms. The van der Waals surface area contributed by atoms with Crippen LogP contribution in [0, 0.1) is 6.92 Å². The van der Waals surface area contributed by atoms with Gasteiger partial charge in [0.05, 0.1) is 0 Å². The van der Waals surface area contributed by atoms with Crippen molar-refractivity contribution < 1.29 is 19.1 Å². The van der Waals surface area contributed by atoms with Crippen molar-refractivity contribution in [2.45, 2.75) is 13.8 Å². The number of Topliss-reactive ketones (excluding diaryl/α,β-unsaturated/α-hetero) is 1. The van der Waals surface area contributed by atoms with Crippen LogP contribution in [-0.2, 0) is 4.79 Å². The van der Waals surface area contributed by atoms with Gasteiger partial charge in [-0.05, 0) is 55.8 Å². The Labute approximate surface area is 180 Å². The van der Waals surface area contributed by atoms with Crippen LogP contribution in [0.2, 0.25) is 5.02 Å². The molecular weight excluding hydrogens is 406 g/mol. The first-order chi connectivity index (χ1) is 14.3. The molecular formula is C22H24ClN3O4. The molecule has 0 radical (unpaired) electrons. The number of carbonyl (C=O) groups excluding carboxylic acids is 3. The molecule has 0 bridgehead atoms. The summed E-state index contributed by atoms with van der Waals surface area (Å²) in [5, 5.41) is 3.43. The van der Waals surface area contributed by atoms with Gasteiger partial charge in [0.15, 0.2) is 12.4 Å². The lowest BCUT2D eigenvalue weighted by Crippen LogP contribution is -2.52. The third-order valence-corrected chi connectivity index (χ3v) is 5.37. The van der Waals surface area contributed by atoms with E-state index in [9.17, 15) is 14.4 Å². The Morgan fingerprint density at radius 3 is 2.23 bits per heavy atom. The number of rotatable bonds is 5. The monoisotopic (exact) mass is 429 g/mol. The lowest BCUT2D eigenvalue weighted by atomic mass is 10.1. The van der Waals surface area contributed by atoms with E-state index in [-0.39, 0.29) is 24.3 Å². The molecule has 0 spiro atoms. The number of hydrogen-bond donors (Lipinski definition) is 1. The highest BCUT2D eigenvalue weighted by atomic mass is 35.5. The fraction of sp³-hybridized carbons (Fsp3) is 0.318. The van der Waals surface area contributed by atoms with Crippen molar-refractivity contribution in [3.05, 3.63) is 58.6 Å². The molecule has 3 rings (SSSR count). The van der Waals surface area contributed by atoms with Gasteiger partial charge in [-0.25, -0.2) is 4.79 Å². The molecule has 0 unspecified atom stereocenters. The van der Waals surface area contributed by atoms with E-state index in [1.165, 1.54) is 6.92 Å². The minimum Gasteiger partial charge on any atom is -0.484 e. The molecule has 0 atom stereocenters. The average molecular weight is 430 g/mol. The number of hydrogen-bond acceptors (Lipinski definition) is 4. The predicted octanol–water partition coefficient (Wildman–Crippen LogP) is 3.61. The Morgan fingerprint density at radius 2 is 1.63 bits per heavy atom. The van der Waals surface area contributed by atoms with Gasteiger partial charge in [0.1, 0.15) is 5.75 Å². The van der Waals surface area contributed by atoms with Crippen LogP contribution in [0.1, 0.15) is 22.8 Å². The largest absolute Gasteiger partial charge is 0.484 e. The highest BCUT2D eigenvalue weighted by Gasteiger charge is 2.24. The number of ether oxygens (including phenoxy) is 1. The molecule has 2 aromatic carbocycles. The molecule has 30 heavy (non-hydrogen) atoms. The molecule has 0 aliphatic carbocycles. The minimum absolute atomic E-state index is 0.0231. The van der Waals surface area contributed by atoms with Crippen molar-refractivity contribution in [3.63, 3.8) is 0 Å². The van der Waals surface area contributed by atoms with Crippen molar-refractivity contribution in [2.24, 2.45) is 0 Å². The zero-order valence-corrected chi connectivity index (χ0v) is 17.7. The van der Waals surface area contributed by atoms with Gasteiger partial charge in [0.25, 0.3) is 5.91 Å². The normalized spacial score (nSPS) is 13.7. The number of piperazine rings is 1. The molecule has 1 fully saturated rings. The van der Waals surface area contributed by atoms with Crippen LogP contribution in [0.5, 0.6) is 5.75 Å². The summed E-state index contributed by atoms with van der Waals surface area (Å²) in [6.45, 7) is 5.05. The number of benzene rings is 2. The van der Waals surface area contributed by atoms with E-state index in [4.69, 9.17) is 16.3 Å². The number of amides is 3. The fourth-order valence-corrected chi connectivity index (χ4v) is 3.23. The highest BCUT2D eigenvalue weighted by Crippen LogP contribution is 2.20. The highest BCUT2D eigenvalue weighted by molar-refractivity contribution is 6.31. The van der Waals surface area contributed by atoms with E-state index < -0.39 is 0 Å². The number of urea groups is 1. The van der Waals surface area contributed by atoms with Gasteiger partial charge in [0.2, 0.25) is 0 Å². The van der Waals surface area contributed by atoms with E-state index in [0.717, 1.165) is 5.56 Å². The van der Waals surface area contributed by atoms with Crippen LogP contribution < -0.4 is 10.1 Å². The number of nitrogens with zero attached hydrogens (tertiary/aromatic N) is 2. The average Bonchev–Trinajstić information content (AvgIpc) is 2.75. The number of nitrogens with one attached hydrogen (secondary N) is 1. The van der Waals surface area contributed by atoms with Gasteiger partial charge in [-0.3, -0.25) is 9.59 Å². The van der Waals surface area contributed by atoms with Crippen LogP contribution >= 0.6 is 11.6 Å². The second kappa shape index (κ2) is 9.63. The van der Waals surface area contributed by atoms with Gasteiger partial charge >= 0.3 is 6.03 Å². The predicted molar refractivity (Wildman–Crippen MR) is 115 cm³/mol. The molecule has 1 heterocycles. The molecule has 1 saturated heterocycles. The van der Waals surface area contributed by atoms with Gasteiger partial charge in [-0.2, -0.15) is 0 Å². The van der Waals surface area contributed by atoms with Crippen LogP contribution in [-0.4, -0.2) is 60.3 Å². The number of carbonyl (C=O) groups is 3. The lowest BCUT2D eigenvalue weighted by Gasteiger charge is -2.34. The maximum absolute atomic E-state index is 12.4. The first-order valence-corrected chi connectivity index (χ1v) is 10.0. The standard InChI is InChI=1S/C22H24ClN3O4/c1-15-3-6-18(13-20(15)23)24-22(29)26-11-9-25(10-12-26)21(28)14-30-19-7-4-17(5-8-19)16(2)27/h3-8,13H,9-12,14H2,1-2H3,(H,24,29). The third-order valence-electron chi connectivity index (χ3n) is 4.97. The van der Waals surface area contributed by atoms with Crippen LogP contribution in [0.3, 0.4) is 0 Å². The van der Waals surface area contributed by atoms with E-state index in [1.54, 1.807) is 46.2 Å². The second-order valence-electron chi connectivity index (χ2n) is 7.13. The summed E-state index contributed by atoms with van der Waals surface area (Å²) in [6.07, 6.45) is 0. The van der Waals surface area contributed by atoms with Crippen LogP contribution in [0.4, 0.5) is 10.5 Å². The molecule has 0 saturated carbocycles. The van der Waals surface area contributed by atoms with Crippen molar-refractivity contribution in [2.75, 3.05) is 38.1 Å². The summed E-state index contributed by atoms with van der Waals surface area (Å²) in [5.74, 6) is 0.365. The molecule has 3 amide bonds. The first kappa shape index (κ1) is 21.6. The van der Waals surface area contributed by atoms with E-state index in [1.807, 2.05) is 13.0 Å².